The molecular formula is C15H25BrN2. The minimum Gasteiger partial charge on any atom is -0.311 e. The van der Waals surface area contributed by atoms with Gasteiger partial charge < -0.3 is 10.2 Å². The number of nitrogens with one attached hydrogen (secondary N) is 1. The first-order chi connectivity index (χ1) is 8.41. The molecule has 0 heterocycles. The highest BCUT2D eigenvalue weighted by molar-refractivity contribution is 9.10. The fourth-order valence-corrected chi connectivity index (χ4v) is 2.80. The van der Waals surface area contributed by atoms with Gasteiger partial charge in [-0.05, 0) is 44.1 Å². The van der Waals surface area contributed by atoms with Crippen LogP contribution in [0.2, 0.25) is 0 Å². The van der Waals surface area contributed by atoms with E-state index < -0.39 is 0 Å². The molecule has 18 heavy (non-hydrogen) atoms. The smallest absolute Gasteiger partial charge is 0.0237 e. The second-order valence-corrected chi connectivity index (χ2v) is 6.36. The van der Waals surface area contributed by atoms with Crippen molar-refractivity contribution < 1.29 is 0 Å². The molecule has 0 fully saturated rings. The van der Waals surface area contributed by atoms with E-state index in [4.69, 9.17) is 0 Å². The molecule has 102 valence electrons. The van der Waals surface area contributed by atoms with Gasteiger partial charge in [0.25, 0.3) is 0 Å². The molecule has 0 saturated carbocycles. The van der Waals surface area contributed by atoms with Gasteiger partial charge in [0.2, 0.25) is 0 Å². The normalized spacial score (nSPS) is 13.3. The van der Waals surface area contributed by atoms with Crippen LogP contribution in [0.3, 0.4) is 0 Å². The third kappa shape index (κ3) is 4.71. The van der Waals surface area contributed by atoms with E-state index in [9.17, 15) is 0 Å². The van der Waals surface area contributed by atoms with Crippen LogP contribution in [0.4, 0.5) is 0 Å². The van der Waals surface area contributed by atoms with E-state index in [0.29, 0.717) is 12.0 Å². The van der Waals surface area contributed by atoms with Gasteiger partial charge in [-0.3, -0.25) is 0 Å². The average molecular weight is 313 g/mol. The van der Waals surface area contributed by atoms with Crippen LogP contribution in [-0.4, -0.2) is 31.6 Å². The van der Waals surface area contributed by atoms with Crippen LogP contribution in [0.1, 0.15) is 25.0 Å². The molecule has 1 aromatic rings. The zero-order valence-corrected chi connectivity index (χ0v) is 13.7. The molecule has 1 N–H and O–H groups in total. The number of halogens is 1. The van der Waals surface area contributed by atoms with Crippen LogP contribution in [0.15, 0.2) is 22.7 Å². The topological polar surface area (TPSA) is 15.3 Å². The number of hydrogen-bond acceptors (Lipinski definition) is 2. The van der Waals surface area contributed by atoms with E-state index in [-0.39, 0.29) is 0 Å². The Morgan fingerprint density at radius 1 is 1.28 bits per heavy atom. The molecule has 1 aromatic carbocycles. The Labute approximate surface area is 120 Å². The van der Waals surface area contributed by atoms with Crippen molar-refractivity contribution in [1.82, 2.24) is 10.2 Å². The summed E-state index contributed by atoms with van der Waals surface area (Å²) >= 11 is 3.62. The maximum absolute atomic E-state index is 3.62. The van der Waals surface area contributed by atoms with Crippen molar-refractivity contribution in [2.24, 2.45) is 5.92 Å². The summed E-state index contributed by atoms with van der Waals surface area (Å²) in [6.07, 6.45) is 0. The molecule has 0 radical (unpaired) electrons. The molecule has 1 unspecified atom stereocenters. The first kappa shape index (κ1) is 15.7. The molecule has 0 aliphatic rings. The molecule has 1 rings (SSSR count). The van der Waals surface area contributed by atoms with E-state index in [1.165, 1.54) is 15.6 Å². The van der Waals surface area contributed by atoms with Crippen molar-refractivity contribution >= 4 is 15.9 Å². The lowest BCUT2D eigenvalue weighted by molar-refractivity contribution is 0.224. The highest BCUT2D eigenvalue weighted by Gasteiger charge is 2.14. The largest absolute Gasteiger partial charge is 0.311 e. The van der Waals surface area contributed by atoms with Crippen molar-refractivity contribution in [2.75, 3.05) is 20.6 Å². The maximum atomic E-state index is 3.62. The third-order valence-electron chi connectivity index (χ3n) is 3.31. The van der Waals surface area contributed by atoms with Gasteiger partial charge in [-0.25, -0.2) is 0 Å². The van der Waals surface area contributed by atoms with Crippen molar-refractivity contribution in [3.05, 3.63) is 33.8 Å². The Morgan fingerprint density at radius 3 is 2.44 bits per heavy atom. The van der Waals surface area contributed by atoms with E-state index in [2.05, 4.69) is 79.2 Å². The Morgan fingerprint density at radius 2 is 1.94 bits per heavy atom. The van der Waals surface area contributed by atoms with Gasteiger partial charge in [0.1, 0.15) is 0 Å². The summed E-state index contributed by atoms with van der Waals surface area (Å²) in [6, 6.07) is 7.09. The maximum Gasteiger partial charge on any atom is 0.0237 e. The van der Waals surface area contributed by atoms with Crippen LogP contribution in [-0.2, 0) is 6.54 Å². The summed E-state index contributed by atoms with van der Waals surface area (Å²) in [5.41, 5.74) is 2.61. The lowest BCUT2D eigenvalue weighted by Crippen LogP contribution is -2.41. The summed E-state index contributed by atoms with van der Waals surface area (Å²) in [4.78, 5) is 2.29. The Balaban J connectivity index is 2.50. The minimum absolute atomic E-state index is 0.578. The first-order valence-electron chi connectivity index (χ1n) is 6.54. The second-order valence-electron chi connectivity index (χ2n) is 5.50. The Hall–Kier alpha value is -0.380. The van der Waals surface area contributed by atoms with Gasteiger partial charge in [-0.2, -0.15) is 0 Å². The van der Waals surface area contributed by atoms with Crippen molar-refractivity contribution in [3.8, 4) is 0 Å². The fourth-order valence-electron chi connectivity index (χ4n) is 2.16. The van der Waals surface area contributed by atoms with E-state index in [1.807, 2.05) is 0 Å². The van der Waals surface area contributed by atoms with Gasteiger partial charge in [-0.1, -0.05) is 41.9 Å². The molecule has 2 nitrogen and oxygen atoms in total. The molecule has 0 aliphatic heterocycles. The van der Waals surface area contributed by atoms with Crippen molar-refractivity contribution in [2.45, 2.75) is 33.4 Å². The quantitative estimate of drug-likeness (QED) is 0.865. The molecular weight excluding hydrogens is 288 g/mol. The Bertz CT molecular complexity index is 367. The summed E-state index contributed by atoms with van der Waals surface area (Å²) in [5, 5.41) is 3.55. The van der Waals surface area contributed by atoms with Crippen LogP contribution in [0.5, 0.6) is 0 Å². The van der Waals surface area contributed by atoms with E-state index in [0.717, 1.165) is 13.1 Å². The van der Waals surface area contributed by atoms with Crippen LogP contribution in [0, 0.1) is 12.8 Å². The molecule has 3 heteroatoms. The lowest BCUT2D eigenvalue weighted by atomic mass is 10.0. The molecule has 0 bridgehead atoms. The fraction of sp³-hybridized carbons (Fsp3) is 0.600. The van der Waals surface area contributed by atoms with Gasteiger partial charge in [0, 0.05) is 23.6 Å². The number of benzene rings is 1. The molecule has 0 aromatic heterocycles. The first-order valence-corrected chi connectivity index (χ1v) is 7.33. The number of rotatable bonds is 6. The van der Waals surface area contributed by atoms with Gasteiger partial charge >= 0.3 is 0 Å². The van der Waals surface area contributed by atoms with Crippen LogP contribution in [0.25, 0.3) is 0 Å². The predicted molar refractivity (Wildman–Crippen MR) is 82.9 cm³/mol. The summed E-state index contributed by atoms with van der Waals surface area (Å²) in [5.74, 6) is 0.661. The van der Waals surface area contributed by atoms with Gasteiger partial charge in [-0.15, -0.1) is 0 Å². The van der Waals surface area contributed by atoms with E-state index >= 15 is 0 Å². The lowest BCUT2D eigenvalue weighted by Gasteiger charge is -2.28. The molecule has 0 aliphatic carbocycles. The predicted octanol–water partition coefficient (Wildman–Crippen LogP) is 3.43. The zero-order chi connectivity index (χ0) is 13.7. The standard InChI is InChI=1S/C15H25BrN2/c1-11(2)15(18(4)5)10-17-9-13-7-6-12(3)8-14(13)16/h6-8,11,15,17H,9-10H2,1-5H3. The second kappa shape index (κ2) is 7.27. The zero-order valence-electron chi connectivity index (χ0n) is 12.1. The molecule has 1 atom stereocenters. The number of hydrogen-bond donors (Lipinski definition) is 1. The van der Waals surface area contributed by atoms with Crippen LogP contribution < -0.4 is 5.32 Å². The van der Waals surface area contributed by atoms with Crippen molar-refractivity contribution in [3.63, 3.8) is 0 Å². The van der Waals surface area contributed by atoms with Crippen LogP contribution >= 0.6 is 15.9 Å². The number of aryl methyl sites for hydroxylation is 1. The van der Waals surface area contributed by atoms with Gasteiger partial charge in [0.05, 0.1) is 0 Å². The van der Waals surface area contributed by atoms with Gasteiger partial charge in [0.15, 0.2) is 0 Å². The Kier molecular flexibility index (Phi) is 6.33. The molecule has 0 amide bonds. The average Bonchev–Trinajstić information content (AvgIpc) is 2.25. The SMILES string of the molecule is Cc1ccc(CNCC(C(C)C)N(C)C)c(Br)c1. The summed E-state index contributed by atoms with van der Waals surface area (Å²) in [7, 11) is 4.29. The van der Waals surface area contributed by atoms with E-state index in [1.54, 1.807) is 0 Å². The third-order valence-corrected chi connectivity index (χ3v) is 4.05. The number of nitrogens with zero attached hydrogens (tertiary/aromatic N) is 1. The molecule has 0 spiro atoms. The highest BCUT2D eigenvalue weighted by atomic mass is 79.9. The minimum atomic E-state index is 0.578. The summed E-state index contributed by atoms with van der Waals surface area (Å²) in [6.45, 7) is 8.59. The highest BCUT2D eigenvalue weighted by Crippen LogP contribution is 2.18. The molecule has 0 saturated heterocycles. The summed E-state index contributed by atoms with van der Waals surface area (Å²) < 4.78 is 1.20. The monoisotopic (exact) mass is 312 g/mol. The number of likely N-dealkylation sites (N-methyl/N-ethyl adjacent to an activating group) is 1. The van der Waals surface area contributed by atoms with Crippen molar-refractivity contribution in [1.29, 1.82) is 0 Å².